The summed E-state index contributed by atoms with van der Waals surface area (Å²) in [6.07, 6.45) is 0. The third kappa shape index (κ3) is 5.15. The molecule has 3 N–H and O–H groups in total. The molecule has 1 aromatic heterocycles. The number of ether oxygens (including phenoxy) is 2. The van der Waals surface area contributed by atoms with Crippen LogP contribution in [-0.2, 0) is 13.2 Å². The van der Waals surface area contributed by atoms with E-state index in [9.17, 15) is 4.79 Å². The van der Waals surface area contributed by atoms with Crippen LogP contribution in [0.4, 0.5) is 5.69 Å². The maximum absolute atomic E-state index is 11.4. The quantitative estimate of drug-likeness (QED) is 0.266. The van der Waals surface area contributed by atoms with E-state index < -0.39 is 0 Å². The zero-order valence-electron chi connectivity index (χ0n) is 17.1. The van der Waals surface area contributed by atoms with Crippen LogP contribution in [-0.4, -0.2) is 16.6 Å². The van der Waals surface area contributed by atoms with E-state index in [1.807, 2.05) is 43.3 Å². The van der Waals surface area contributed by atoms with Gasteiger partial charge in [0.25, 0.3) is 0 Å². The smallest absolute Gasteiger partial charge is 0.323 e. The van der Waals surface area contributed by atoms with Crippen molar-refractivity contribution >= 4 is 51.5 Å². The van der Waals surface area contributed by atoms with Crippen molar-refractivity contribution in [3.05, 3.63) is 85.2 Å². The van der Waals surface area contributed by atoms with E-state index in [1.165, 1.54) is 0 Å². The monoisotopic (exact) mass is 491 g/mol. The van der Waals surface area contributed by atoms with Crippen molar-refractivity contribution in [1.29, 1.82) is 0 Å². The Morgan fingerprint density at radius 1 is 0.844 bits per heavy atom. The summed E-state index contributed by atoms with van der Waals surface area (Å²) in [5.74, 6) is 1.02. The zero-order chi connectivity index (χ0) is 22.7. The normalized spacial score (nSPS) is 11.0. The number of aromatic amines is 2. The highest BCUT2D eigenvalue weighted by molar-refractivity contribution is 6.42. The lowest BCUT2D eigenvalue weighted by atomic mass is 10.2. The predicted molar refractivity (Wildman–Crippen MR) is 130 cm³/mol. The van der Waals surface area contributed by atoms with E-state index in [4.69, 9.17) is 44.3 Å². The second kappa shape index (κ2) is 9.77. The van der Waals surface area contributed by atoms with Gasteiger partial charge in [0.05, 0.1) is 32.7 Å². The maximum atomic E-state index is 11.4. The Labute approximate surface area is 199 Å². The second-order valence-electron chi connectivity index (χ2n) is 7.07. The third-order valence-electron chi connectivity index (χ3n) is 4.75. The van der Waals surface area contributed by atoms with E-state index in [0.29, 0.717) is 39.7 Å². The Morgan fingerprint density at radius 2 is 1.62 bits per heavy atom. The number of hydrogen-bond acceptors (Lipinski definition) is 4. The molecule has 0 aliphatic carbocycles. The summed E-state index contributed by atoms with van der Waals surface area (Å²) in [4.78, 5) is 16.9. The van der Waals surface area contributed by atoms with Crippen LogP contribution in [0.15, 0.2) is 53.3 Å². The van der Waals surface area contributed by atoms with Crippen LogP contribution in [0, 0.1) is 0 Å². The molecule has 0 fully saturated rings. The zero-order valence-corrected chi connectivity index (χ0v) is 19.4. The first-order valence-electron chi connectivity index (χ1n) is 9.91. The van der Waals surface area contributed by atoms with Crippen LogP contribution in [0.3, 0.4) is 0 Å². The summed E-state index contributed by atoms with van der Waals surface area (Å²) < 4.78 is 11.7. The summed E-state index contributed by atoms with van der Waals surface area (Å²) in [7, 11) is 0. The van der Waals surface area contributed by atoms with Gasteiger partial charge in [-0.25, -0.2) is 4.79 Å². The number of H-pyrrole nitrogens is 2. The SMILES string of the molecule is CCOc1cc(CNc2ccc3[nH]c(=O)[nH]c3c2)cc(Cl)c1OCc1ccc(Cl)c(Cl)c1. The van der Waals surface area contributed by atoms with Gasteiger partial charge in [-0.3, -0.25) is 0 Å². The van der Waals surface area contributed by atoms with Crippen LogP contribution in [0.25, 0.3) is 11.0 Å². The summed E-state index contributed by atoms with van der Waals surface area (Å²) in [6, 6.07) is 14.7. The third-order valence-corrected chi connectivity index (χ3v) is 5.77. The van der Waals surface area contributed by atoms with Gasteiger partial charge in [-0.1, -0.05) is 40.9 Å². The lowest BCUT2D eigenvalue weighted by Gasteiger charge is -2.16. The molecule has 9 heteroatoms. The molecule has 0 unspecified atom stereocenters. The molecule has 166 valence electrons. The van der Waals surface area contributed by atoms with Gasteiger partial charge >= 0.3 is 5.69 Å². The first kappa shape index (κ1) is 22.4. The van der Waals surface area contributed by atoms with Gasteiger partial charge in [-0.05, 0) is 60.5 Å². The fourth-order valence-electron chi connectivity index (χ4n) is 3.26. The van der Waals surface area contributed by atoms with Crippen LogP contribution < -0.4 is 20.5 Å². The number of halogens is 3. The number of hydrogen-bond donors (Lipinski definition) is 3. The van der Waals surface area contributed by atoms with Gasteiger partial charge in [-0.2, -0.15) is 0 Å². The Kier molecular flexibility index (Phi) is 6.84. The van der Waals surface area contributed by atoms with Crippen molar-refractivity contribution in [1.82, 2.24) is 9.97 Å². The minimum absolute atomic E-state index is 0.234. The fourth-order valence-corrected chi connectivity index (χ4v) is 3.87. The molecule has 0 bridgehead atoms. The lowest BCUT2D eigenvalue weighted by molar-refractivity contribution is 0.269. The van der Waals surface area contributed by atoms with E-state index in [2.05, 4.69) is 15.3 Å². The molecule has 1 heterocycles. The first-order chi connectivity index (χ1) is 15.4. The number of anilines is 1. The average molecular weight is 493 g/mol. The summed E-state index contributed by atoms with van der Waals surface area (Å²) in [6.45, 7) is 3.14. The summed E-state index contributed by atoms with van der Waals surface area (Å²) in [5.41, 5.74) is 3.90. The van der Waals surface area contributed by atoms with Gasteiger partial charge in [0.1, 0.15) is 6.61 Å². The molecule has 6 nitrogen and oxygen atoms in total. The van der Waals surface area contributed by atoms with Gasteiger partial charge in [0.15, 0.2) is 11.5 Å². The number of fused-ring (bicyclic) bond motifs is 1. The molecule has 32 heavy (non-hydrogen) atoms. The minimum atomic E-state index is -0.234. The first-order valence-corrected chi connectivity index (χ1v) is 11.0. The van der Waals surface area contributed by atoms with Gasteiger partial charge in [0, 0.05) is 12.2 Å². The van der Waals surface area contributed by atoms with Gasteiger partial charge in [-0.15, -0.1) is 0 Å². The molecule has 0 saturated heterocycles. The van der Waals surface area contributed by atoms with E-state index in [0.717, 1.165) is 27.8 Å². The predicted octanol–water partition coefficient (Wildman–Crippen LogP) is 6.41. The fraction of sp³-hybridized carbons (Fsp3) is 0.174. The molecule has 0 saturated carbocycles. The van der Waals surface area contributed by atoms with Crippen molar-refractivity contribution in [2.45, 2.75) is 20.1 Å². The molecule has 0 radical (unpaired) electrons. The number of imidazole rings is 1. The molecule has 0 amide bonds. The van der Waals surface area contributed by atoms with Crippen molar-refractivity contribution in [2.75, 3.05) is 11.9 Å². The molecule has 0 aliphatic heterocycles. The Bertz CT molecular complexity index is 1320. The van der Waals surface area contributed by atoms with Crippen molar-refractivity contribution < 1.29 is 9.47 Å². The molecule has 0 aliphatic rings. The van der Waals surface area contributed by atoms with Crippen LogP contribution >= 0.6 is 34.8 Å². The highest BCUT2D eigenvalue weighted by atomic mass is 35.5. The minimum Gasteiger partial charge on any atom is -0.490 e. The Morgan fingerprint density at radius 3 is 2.41 bits per heavy atom. The van der Waals surface area contributed by atoms with Gasteiger partial charge < -0.3 is 24.8 Å². The summed E-state index contributed by atoms with van der Waals surface area (Å²) >= 11 is 18.6. The van der Waals surface area contributed by atoms with Crippen molar-refractivity contribution in [2.24, 2.45) is 0 Å². The van der Waals surface area contributed by atoms with Crippen LogP contribution in [0.2, 0.25) is 15.1 Å². The standard InChI is InChI=1S/C23H20Cl3N3O3/c1-2-31-21-9-14(11-27-15-4-6-19-20(10-15)29-23(30)28-19)8-18(26)22(21)32-12-13-3-5-16(24)17(25)7-13/h3-10,27H,2,11-12H2,1H3,(H2,28,29,30). The number of aromatic nitrogens is 2. The molecule has 4 aromatic rings. The maximum Gasteiger partial charge on any atom is 0.323 e. The molecule has 4 rings (SSSR count). The summed E-state index contributed by atoms with van der Waals surface area (Å²) in [5, 5.41) is 4.73. The van der Waals surface area contributed by atoms with Crippen LogP contribution in [0.1, 0.15) is 18.1 Å². The number of rotatable bonds is 8. The Hall–Kier alpha value is -2.80. The molecule has 0 spiro atoms. The molecule has 0 atom stereocenters. The Balaban J connectivity index is 1.50. The number of benzene rings is 3. The highest BCUT2D eigenvalue weighted by Crippen LogP contribution is 2.37. The second-order valence-corrected chi connectivity index (χ2v) is 8.29. The van der Waals surface area contributed by atoms with E-state index in [1.54, 1.807) is 12.1 Å². The molecular weight excluding hydrogens is 473 g/mol. The van der Waals surface area contributed by atoms with Gasteiger partial charge in [0.2, 0.25) is 0 Å². The lowest BCUT2D eigenvalue weighted by Crippen LogP contribution is -2.04. The van der Waals surface area contributed by atoms with Crippen molar-refractivity contribution in [3.8, 4) is 11.5 Å². The molecular formula is C23H20Cl3N3O3. The van der Waals surface area contributed by atoms with Crippen molar-refractivity contribution in [3.63, 3.8) is 0 Å². The number of nitrogens with one attached hydrogen (secondary N) is 3. The molecule has 3 aromatic carbocycles. The largest absolute Gasteiger partial charge is 0.490 e. The van der Waals surface area contributed by atoms with E-state index in [-0.39, 0.29) is 12.3 Å². The van der Waals surface area contributed by atoms with E-state index >= 15 is 0 Å². The highest BCUT2D eigenvalue weighted by Gasteiger charge is 2.14. The topological polar surface area (TPSA) is 79.1 Å². The van der Waals surface area contributed by atoms with Crippen LogP contribution in [0.5, 0.6) is 11.5 Å². The average Bonchev–Trinajstić information content (AvgIpc) is 3.13.